The van der Waals surface area contributed by atoms with Crippen LogP contribution < -0.4 is 0 Å². The number of hydrogen-bond acceptors (Lipinski definition) is 4. The first-order chi connectivity index (χ1) is 6.38. The molecule has 0 bridgehead atoms. The summed E-state index contributed by atoms with van der Waals surface area (Å²) in [5.74, 6) is 0.937. The standard InChI is InChI=1S/C8H9N3S2/c1-12-8-9-7(10-11-8)5-6-3-2-4-13-6/h2-4H,5H2,1H3,(H,9,10,11). The van der Waals surface area contributed by atoms with E-state index in [0.717, 1.165) is 17.4 Å². The van der Waals surface area contributed by atoms with Gasteiger partial charge in [-0.15, -0.1) is 16.4 Å². The molecule has 0 radical (unpaired) electrons. The van der Waals surface area contributed by atoms with E-state index < -0.39 is 0 Å². The van der Waals surface area contributed by atoms with Crippen molar-refractivity contribution in [3.05, 3.63) is 28.2 Å². The van der Waals surface area contributed by atoms with Gasteiger partial charge in [0.05, 0.1) is 0 Å². The molecule has 0 aliphatic rings. The zero-order valence-electron chi connectivity index (χ0n) is 7.15. The van der Waals surface area contributed by atoms with Crippen LogP contribution in [0.5, 0.6) is 0 Å². The van der Waals surface area contributed by atoms with Crippen LogP contribution in [0.4, 0.5) is 0 Å². The molecule has 2 heterocycles. The molecule has 1 N–H and O–H groups in total. The molecule has 2 rings (SSSR count). The van der Waals surface area contributed by atoms with Gasteiger partial charge in [0.1, 0.15) is 5.82 Å². The Morgan fingerprint density at radius 1 is 1.62 bits per heavy atom. The molecule has 0 spiro atoms. The second-order valence-corrected chi connectivity index (χ2v) is 4.33. The number of thiophene rings is 1. The summed E-state index contributed by atoms with van der Waals surface area (Å²) in [6, 6.07) is 4.15. The highest BCUT2D eigenvalue weighted by molar-refractivity contribution is 7.98. The Bertz CT molecular complexity index is 366. The minimum Gasteiger partial charge on any atom is -0.262 e. The lowest BCUT2D eigenvalue weighted by Crippen LogP contribution is -1.86. The lowest BCUT2D eigenvalue weighted by Gasteiger charge is -1.89. The Morgan fingerprint density at radius 2 is 2.54 bits per heavy atom. The average Bonchev–Trinajstić information content (AvgIpc) is 2.76. The van der Waals surface area contributed by atoms with Crippen LogP contribution in [-0.2, 0) is 6.42 Å². The molecule has 0 fully saturated rings. The van der Waals surface area contributed by atoms with Crippen LogP contribution in [0.15, 0.2) is 22.7 Å². The molecule has 0 aromatic carbocycles. The topological polar surface area (TPSA) is 41.6 Å². The van der Waals surface area contributed by atoms with E-state index in [1.165, 1.54) is 4.88 Å². The number of aromatic amines is 1. The first-order valence-electron chi connectivity index (χ1n) is 3.86. The first kappa shape index (κ1) is 8.77. The van der Waals surface area contributed by atoms with Crippen LogP contribution >= 0.6 is 23.1 Å². The molecule has 0 aliphatic carbocycles. The van der Waals surface area contributed by atoms with E-state index in [1.54, 1.807) is 23.1 Å². The van der Waals surface area contributed by atoms with Crippen molar-refractivity contribution in [3.63, 3.8) is 0 Å². The first-order valence-corrected chi connectivity index (χ1v) is 5.96. The number of nitrogens with zero attached hydrogens (tertiary/aromatic N) is 2. The van der Waals surface area contributed by atoms with Gasteiger partial charge >= 0.3 is 0 Å². The monoisotopic (exact) mass is 211 g/mol. The predicted octanol–water partition coefficient (Wildman–Crippen LogP) is 2.18. The van der Waals surface area contributed by atoms with Crippen LogP contribution in [-0.4, -0.2) is 21.4 Å². The summed E-state index contributed by atoms with van der Waals surface area (Å²) in [6.45, 7) is 0. The maximum Gasteiger partial charge on any atom is 0.208 e. The van der Waals surface area contributed by atoms with Crippen LogP contribution in [0.3, 0.4) is 0 Å². The summed E-state index contributed by atoms with van der Waals surface area (Å²) in [5, 5.41) is 9.85. The third-order valence-corrected chi connectivity index (χ3v) is 3.04. The van der Waals surface area contributed by atoms with Crippen molar-refractivity contribution in [2.75, 3.05) is 6.26 Å². The predicted molar refractivity (Wildman–Crippen MR) is 55.3 cm³/mol. The lowest BCUT2D eigenvalue weighted by atomic mass is 10.3. The molecule has 68 valence electrons. The van der Waals surface area contributed by atoms with E-state index in [9.17, 15) is 0 Å². The third-order valence-electron chi connectivity index (χ3n) is 1.62. The molecular weight excluding hydrogens is 202 g/mol. The van der Waals surface area contributed by atoms with E-state index in [0.29, 0.717) is 0 Å². The molecule has 2 aromatic heterocycles. The summed E-state index contributed by atoms with van der Waals surface area (Å²) in [6.07, 6.45) is 2.82. The smallest absolute Gasteiger partial charge is 0.208 e. The summed E-state index contributed by atoms with van der Waals surface area (Å²) < 4.78 is 0. The molecule has 0 saturated carbocycles. The fraction of sp³-hybridized carbons (Fsp3) is 0.250. The minimum absolute atomic E-state index is 0.812. The van der Waals surface area contributed by atoms with Gasteiger partial charge in [0, 0.05) is 11.3 Å². The number of aromatic nitrogens is 3. The van der Waals surface area contributed by atoms with Gasteiger partial charge in [0.2, 0.25) is 5.16 Å². The average molecular weight is 211 g/mol. The molecule has 0 aliphatic heterocycles. The fourth-order valence-electron chi connectivity index (χ4n) is 1.03. The quantitative estimate of drug-likeness (QED) is 0.791. The molecule has 0 unspecified atom stereocenters. The van der Waals surface area contributed by atoms with E-state index in [4.69, 9.17) is 0 Å². The highest BCUT2D eigenvalue weighted by Crippen LogP contribution is 2.14. The normalized spacial score (nSPS) is 10.5. The molecule has 13 heavy (non-hydrogen) atoms. The van der Waals surface area contributed by atoms with Gasteiger partial charge in [-0.25, -0.2) is 4.98 Å². The Hall–Kier alpha value is -0.810. The minimum atomic E-state index is 0.812. The second-order valence-electron chi connectivity index (χ2n) is 2.52. The van der Waals surface area contributed by atoms with E-state index in [1.807, 2.05) is 12.3 Å². The third kappa shape index (κ3) is 2.10. The number of hydrogen-bond donors (Lipinski definition) is 1. The molecule has 0 amide bonds. The van der Waals surface area contributed by atoms with Gasteiger partial charge in [-0.05, 0) is 17.7 Å². The number of nitrogens with one attached hydrogen (secondary N) is 1. The highest BCUT2D eigenvalue weighted by Gasteiger charge is 2.02. The molecule has 0 atom stereocenters. The van der Waals surface area contributed by atoms with Crippen molar-refractivity contribution in [3.8, 4) is 0 Å². The summed E-state index contributed by atoms with van der Waals surface area (Å²) in [5.41, 5.74) is 0. The van der Waals surface area contributed by atoms with Crippen molar-refractivity contribution in [1.82, 2.24) is 15.2 Å². The van der Waals surface area contributed by atoms with Crippen molar-refractivity contribution >= 4 is 23.1 Å². The molecule has 5 heteroatoms. The Labute approximate surface area is 84.6 Å². The molecule has 0 saturated heterocycles. The van der Waals surface area contributed by atoms with Gasteiger partial charge < -0.3 is 0 Å². The van der Waals surface area contributed by atoms with Crippen LogP contribution in [0, 0.1) is 0 Å². The van der Waals surface area contributed by atoms with Crippen LogP contribution in [0.2, 0.25) is 0 Å². The number of rotatable bonds is 3. The van der Waals surface area contributed by atoms with Crippen molar-refractivity contribution in [2.24, 2.45) is 0 Å². The number of thioether (sulfide) groups is 1. The molecular formula is C8H9N3S2. The Kier molecular flexibility index (Phi) is 2.65. The molecule has 3 nitrogen and oxygen atoms in total. The second kappa shape index (κ2) is 3.93. The zero-order valence-corrected chi connectivity index (χ0v) is 8.78. The van der Waals surface area contributed by atoms with E-state index in [2.05, 4.69) is 26.6 Å². The maximum absolute atomic E-state index is 4.31. The van der Waals surface area contributed by atoms with Crippen molar-refractivity contribution < 1.29 is 0 Å². The number of H-pyrrole nitrogens is 1. The van der Waals surface area contributed by atoms with Crippen molar-refractivity contribution in [2.45, 2.75) is 11.6 Å². The van der Waals surface area contributed by atoms with E-state index in [-0.39, 0.29) is 0 Å². The van der Waals surface area contributed by atoms with Crippen LogP contribution in [0.1, 0.15) is 10.7 Å². The Balaban J connectivity index is 2.10. The SMILES string of the molecule is CSc1n[nH]c(Cc2cccs2)n1. The summed E-state index contributed by atoms with van der Waals surface area (Å²) >= 11 is 3.29. The maximum atomic E-state index is 4.31. The Morgan fingerprint density at radius 3 is 3.15 bits per heavy atom. The highest BCUT2D eigenvalue weighted by atomic mass is 32.2. The van der Waals surface area contributed by atoms with Gasteiger partial charge in [-0.2, -0.15) is 0 Å². The summed E-state index contributed by atoms with van der Waals surface area (Å²) in [7, 11) is 0. The molecule has 2 aromatic rings. The summed E-state index contributed by atoms with van der Waals surface area (Å²) in [4.78, 5) is 5.62. The van der Waals surface area contributed by atoms with Gasteiger partial charge in [-0.1, -0.05) is 17.8 Å². The van der Waals surface area contributed by atoms with Gasteiger partial charge in [0.15, 0.2) is 0 Å². The van der Waals surface area contributed by atoms with E-state index >= 15 is 0 Å². The van der Waals surface area contributed by atoms with Crippen LogP contribution in [0.25, 0.3) is 0 Å². The lowest BCUT2D eigenvalue weighted by molar-refractivity contribution is 0.962. The van der Waals surface area contributed by atoms with Gasteiger partial charge in [0.25, 0.3) is 0 Å². The largest absolute Gasteiger partial charge is 0.262 e. The van der Waals surface area contributed by atoms with Crippen molar-refractivity contribution in [1.29, 1.82) is 0 Å². The zero-order chi connectivity index (χ0) is 9.10. The van der Waals surface area contributed by atoms with Gasteiger partial charge in [-0.3, -0.25) is 5.10 Å². The fourth-order valence-corrected chi connectivity index (χ4v) is 2.07.